The molecule has 1 N–H and O–H groups in total. The SMILES string of the molecule is COc1cc(C=Nc2sc3c(c2C(=O)NC2CCCCC2)CCCC3)cc(Br)c1OCc1ccc([N+](=O)[O-])cc1. The number of hydrogen-bond acceptors (Lipinski definition) is 7. The van der Waals surface area contributed by atoms with Crippen LogP contribution in [0.1, 0.15) is 76.9 Å². The summed E-state index contributed by atoms with van der Waals surface area (Å²) in [5.74, 6) is 1.06. The van der Waals surface area contributed by atoms with Crippen molar-refractivity contribution in [2.24, 2.45) is 4.99 Å². The van der Waals surface area contributed by atoms with Crippen molar-refractivity contribution in [2.45, 2.75) is 70.4 Å². The maximum Gasteiger partial charge on any atom is 0.269 e. The molecule has 1 saturated carbocycles. The molecule has 0 atom stereocenters. The van der Waals surface area contributed by atoms with Crippen LogP contribution >= 0.6 is 27.3 Å². The van der Waals surface area contributed by atoms with Gasteiger partial charge < -0.3 is 14.8 Å². The molecule has 0 unspecified atom stereocenters. The van der Waals surface area contributed by atoms with E-state index in [2.05, 4.69) is 21.2 Å². The van der Waals surface area contributed by atoms with E-state index < -0.39 is 4.92 Å². The maximum absolute atomic E-state index is 13.5. The van der Waals surface area contributed by atoms with E-state index >= 15 is 0 Å². The minimum Gasteiger partial charge on any atom is -0.493 e. The van der Waals surface area contributed by atoms with Crippen LogP contribution in [0.2, 0.25) is 0 Å². The summed E-state index contributed by atoms with van der Waals surface area (Å²) in [5, 5.41) is 15.0. The highest BCUT2D eigenvalue weighted by Crippen LogP contribution is 2.41. The third kappa shape index (κ3) is 6.55. The van der Waals surface area contributed by atoms with Gasteiger partial charge in [-0.3, -0.25) is 14.9 Å². The summed E-state index contributed by atoms with van der Waals surface area (Å²) in [6.45, 7) is 0.223. The van der Waals surface area contributed by atoms with Crippen molar-refractivity contribution in [2.75, 3.05) is 7.11 Å². The first-order valence-corrected chi connectivity index (χ1v) is 15.3. The Hall–Kier alpha value is -3.24. The molecule has 1 heterocycles. The highest BCUT2D eigenvalue weighted by atomic mass is 79.9. The zero-order valence-corrected chi connectivity index (χ0v) is 24.8. The lowest BCUT2D eigenvalue weighted by molar-refractivity contribution is -0.384. The standard InChI is InChI=1S/C30H32BrN3O5S/c1-38-25-16-20(15-24(31)28(25)39-18-19-11-13-22(14-12-19)34(36)37)17-32-30-27(23-9-5-6-10-26(23)40-30)29(35)33-21-7-3-2-4-8-21/h11-17,21H,2-10,18H2,1H3,(H,33,35). The van der Waals surface area contributed by atoms with E-state index in [9.17, 15) is 14.9 Å². The van der Waals surface area contributed by atoms with Crippen LogP contribution in [-0.2, 0) is 19.4 Å². The van der Waals surface area contributed by atoms with E-state index in [1.165, 1.54) is 41.8 Å². The second-order valence-corrected chi connectivity index (χ2v) is 12.1. The van der Waals surface area contributed by atoms with Gasteiger partial charge in [0.25, 0.3) is 11.6 Å². The fraction of sp³-hybridized carbons (Fsp3) is 0.400. The van der Waals surface area contributed by atoms with Crippen molar-refractivity contribution >= 4 is 50.1 Å². The van der Waals surface area contributed by atoms with E-state index in [0.29, 0.717) is 16.0 Å². The Bertz CT molecular complexity index is 1410. The number of nitro benzene ring substituents is 1. The Morgan fingerprint density at radius 2 is 1.90 bits per heavy atom. The fourth-order valence-corrected chi connectivity index (χ4v) is 7.14. The molecule has 1 fully saturated rings. The number of ether oxygens (including phenoxy) is 2. The molecule has 2 aromatic carbocycles. The van der Waals surface area contributed by atoms with Gasteiger partial charge >= 0.3 is 0 Å². The number of methoxy groups -OCH3 is 1. The molecule has 5 rings (SSSR count). The number of aryl methyl sites for hydroxylation is 1. The van der Waals surface area contributed by atoms with Crippen LogP contribution in [0.4, 0.5) is 10.7 Å². The Morgan fingerprint density at radius 1 is 1.15 bits per heavy atom. The highest BCUT2D eigenvalue weighted by Gasteiger charge is 2.27. The number of rotatable bonds is 9. The van der Waals surface area contributed by atoms with Gasteiger partial charge in [0.2, 0.25) is 0 Å². The van der Waals surface area contributed by atoms with Gasteiger partial charge in [-0.05, 0) is 95.4 Å². The van der Waals surface area contributed by atoms with Gasteiger partial charge in [-0.15, -0.1) is 11.3 Å². The predicted molar refractivity (Wildman–Crippen MR) is 161 cm³/mol. The van der Waals surface area contributed by atoms with E-state index in [0.717, 1.165) is 60.2 Å². The van der Waals surface area contributed by atoms with Gasteiger partial charge in [-0.1, -0.05) is 19.3 Å². The summed E-state index contributed by atoms with van der Waals surface area (Å²) in [6.07, 6.45) is 11.6. The van der Waals surface area contributed by atoms with Crippen molar-refractivity contribution in [3.05, 3.63) is 78.1 Å². The second-order valence-electron chi connectivity index (χ2n) is 10.2. The van der Waals surface area contributed by atoms with Crippen molar-refractivity contribution in [3.8, 4) is 11.5 Å². The zero-order chi connectivity index (χ0) is 28.1. The average molecular weight is 627 g/mol. The molecule has 8 nitrogen and oxygen atoms in total. The van der Waals surface area contributed by atoms with Crippen molar-refractivity contribution in [1.82, 2.24) is 5.32 Å². The molecule has 2 aliphatic carbocycles. The van der Waals surface area contributed by atoms with Crippen LogP contribution in [0, 0.1) is 10.1 Å². The number of nitrogens with zero attached hydrogens (tertiary/aromatic N) is 2. The Morgan fingerprint density at radius 3 is 2.62 bits per heavy atom. The predicted octanol–water partition coefficient (Wildman–Crippen LogP) is 7.70. The first-order chi connectivity index (χ1) is 19.4. The number of amides is 1. The minimum atomic E-state index is -0.428. The van der Waals surface area contributed by atoms with Crippen molar-refractivity contribution in [3.63, 3.8) is 0 Å². The lowest BCUT2D eigenvalue weighted by Gasteiger charge is -2.23. The van der Waals surface area contributed by atoms with Crippen LogP contribution in [0.5, 0.6) is 11.5 Å². The summed E-state index contributed by atoms with van der Waals surface area (Å²) >= 11 is 5.22. The first kappa shape index (κ1) is 28.3. The van der Waals surface area contributed by atoms with Crippen LogP contribution in [0.25, 0.3) is 0 Å². The number of carbonyl (C=O) groups excluding carboxylic acids is 1. The number of nitro groups is 1. The number of hydrogen-bond donors (Lipinski definition) is 1. The topological polar surface area (TPSA) is 103 Å². The van der Waals surface area contributed by atoms with Gasteiger partial charge in [-0.2, -0.15) is 0 Å². The van der Waals surface area contributed by atoms with E-state index in [4.69, 9.17) is 14.5 Å². The summed E-state index contributed by atoms with van der Waals surface area (Å²) < 4.78 is 12.3. The second kappa shape index (κ2) is 13.0. The normalized spacial score (nSPS) is 15.6. The molecule has 210 valence electrons. The summed E-state index contributed by atoms with van der Waals surface area (Å²) in [6, 6.07) is 10.2. The van der Waals surface area contributed by atoms with E-state index in [1.807, 2.05) is 12.1 Å². The number of benzene rings is 2. The molecule has 0 radical (unpaired) electrons. The monoisotopic (exact) mass is 625 g/mol. The van der Waals surface area contributed by atoms with Crippen LogP contribution in [-0.4, -0.2) is 30.2 Å². The maximum atomic E-state index is 13.5. The molecule has 0 spiro atoms. The van der Waals surface area contributed by atoms with Gasteiger partial charge in [0, 0.05) is 29.3 Å². The van der Waals surface area contributed by atoms with Crippen LogP contribution in [0.15, 0.2) is 45.9 Å². The third-order valence-electron chi connectivity index (χ3n) is 7.43. The minimum absolute atomic E-state index is 0.00667. The summed E-state index contributed by atoms with van der Waals surface area (Å²) in [7, 11) is 1.57. The summed E-state index contributed by atoms with van der Waals surface area (Å²) in [5.41, 5.74) is 3.55. The number of carbonyl (C=O) groups is 1. The smallest absolute Gasteiger partial charge is 0.269 e. The number of aliphatic imine (C=N–C) groups is 1. The summed E-state index contributed by atoms with van der Waals surface area (Å²) in [4.78, 5) is 30.0. The molecule has 2 aliphatic rings. The van der Waals surface area contributed by atoms with Crippen LogP contribution < -0.4 is 14.8 Å². The molecule has 0 aliphatic heterocycles. The molecule has 40 heavy (non-hydrogen) atoms. The third-order valence-corrected chi connectivity index (χ3v) is 9.22. The molecule has 0 bridgehead atoms. The van der Waals surface area contributed by atoms with Gasteiger partial charge in [0.15, 0.2) is 11.5 Å². The average Bonchev–Trinajstić information content (AvgIpc) is 3.34. The molecule has 3 aromatic rings. The van der Waals surface area contributed by atoms with E-state index in [-0.39, 0.29) is 24.2 Å². The Kier molecular flexibility index (Phi) is 9.16. The number of thiophene rings is 1. The van der Waals surface area contributed by atoms with Crippen LogP contribution in [0.3, 0.4) is 0 Å². The first-order valence-electron chi connectivity index (χ1n) is 13.7. The van der Waals surface area contributed by atoms with E-state index in [1.54, 1.807) is 36.8 Å². The number of non-ortho nitro benzene ring substituents is 1. The fourth-order valence-electron chi connectivity index (χ4n) is 5.34. The molecule has 1 aromatic heterocycles. The molecule has 1 amide bonds. The highest BCUT2D eigenvalue weighted by molar-refractivity contribution is 9.10. The Labute approximate surface area is 246 Å². The molecule has 0 saturated heterocycles. The molecular weight excluding hydrogens is 594 g/mol. The number of fused-ring (bicyclic) bond motifs is 1. The number of nitrogens with one attached hydrogen (secondary N) is 1. The van der Waals surface area contributed by atoms with Gasteiger partial charge in [0.05, 0.1) is 22.1 Å². The molecule has 10 heteroatoms. The lowest BCUT2D eigenvalue weighted by Crippen LogP contribution is -2.36. The quantitative estimate of drug-likeness (QED) is 0.149. The van der Waals surface area contributed by atoms with Crippen molar-refractivity contribution < 1.29 is 19.2 Å². The van der Waals surface area contributed by atoms with Crippen molar-refractivity contribution in [1.29, 1.82) is 0 Å². The molecular formula is C30H32BrN3O5S. The Balaban J connectivity index is 1.35. The van der Waals surface area contributed by atoms with Gasteiger partial charge in [0.1, 0.15) is 11.6 Å². The lowest BCUT2D eigenvalue weighted by atomic mass is 9.93. The van der Waals surface area contributed by atoms with Gasteiger partial charge in [-0.25, -0.2) is 4.99 Å². The number of halogens is 1. The zero-order valence-electron chi connectivity index (χ0n) is 22.4. The largest absolute Gasteiger partial charge is 0.493 e.